The number of rotatable bonds is 7. The van der Waals surface area contributed by atoms with Crippen molar-refractivity contribution >= 4 is 75.4 Å². The Labute approximate surface area is 236 Å². The summed E-state index contributed by atoms with van der Waals surface area (Å²) in [5.41, 5.74) is 1.33. The van der Waals surface area contributed by atoms with Gasteiger partial charge >= 0.3 is 6.03 Å². The van der Waals surface area contributed by atoms with Gasteiger partial charge in [-0.1, -0.05) is 29.3 Å². The van der Waals surface area contributed by atoms with Crippen LogP contribution in [-0.2, 0) is 16.2 Å². The van der Waals surface area contributed by atoms with Crippen LogP contribution in [0.15, 0.2) is 60.2 Å². The maximum Gasteiger partial charge on any atom is 0.335 e. The van der Waals surface area contributed by atoms with Crippen molar-refractivity contribution in [3.8, 4) is 17.2 Å². The van der Waals surface area contributed by atoms with Crippen LogP contribution < -0.4 is 24.4 Å². The number of benzene rings is 3. The molecular formula is C26H19Cl2IN2O6. The monoisotopic (exact) mass is 652 g/mol. The molecule has 0 aliphatic carbocycles. The smallest absolute Gasteiger partial charge is 0.335 e. The molecule has 1 fully saturated rings. The number of hydrogen-bond acceptors (Lipinski definition) is 6. The molecule has 0 radical (unpaired) electrons. The summed E-state index contributed by atoms with van der Waals surface area (Å²) in [6.45, 7) is 0.198. The van der Waals surface area contributed by atoms with Gasteiger partial charge in [0.15, 0.2) is 11.5 Å². The van der Waals surface area contributed by atoms with Gasteiger partial charge in [-0.05, 0) is 82.8 Å². The first-order valence-electron chi connectivity index (χ1n) is 10.7. The number of ether oxygens (including phenoxy) is 3. The molecule has 0 bridgehead atoms. The van der Waals surface area contributed by atoms with Crippen LogP contribution in [0, 0.1) is 3.57 Å². The first-order valence-corrected chi connectivity index (χ1v) is 12.5. The van der Waals surface area contributed by atoms with E-state index in [0.29, 0.717) is 32.9 Å². The average Bonchev–Trinajstić information content (AvgIpc) is 2.86. The number of methoxy groups -OCH3 is 2. The van der Waals surface area contributed by atoms with Crippen molar-refractivity contribution in [3.63, 3.8) is 0 Å². The first-order chi connectivity index (χ1) is 17.7. The van der Waals surface area contributed by atoms with Crippen LogP contribution >= 0.6 is 45.8 Å². The van der Waals surface area contributed by atoms with Gasteiger partial charge in [-0.2, -0.15) is 0 Å². The summed E-state index contributed by atoms with van der Waals surface area (Å²) >= 11 is 14.2. The van der Waals surface area contributed by atoms with E-state index < -0.39 is 17.8 Å². The zero-order valence-electron chi connectivity index (χ0n) is 19.5. The molecule has 1 aliphatic rings. The van der Waals surface area contributed by atoms with Crippen LogP contribution in [0.25, 0.3) is 6.08 Å². The zero-order chi connectivity index (χ0) is 26.7. The van der Waals surface area contributed by atoms with Crippen LogP contribution in [0.1, 0.15) is 11.1 Å². The molecule has 1 N–H and O–H groups in total. The lowest BCUT2D eigenvalue weighted by Crippen LogP contribution is -2.54. The number of carbonyl (C=O) groups excluding carboxylic acids is 3. The summed E-state index contributed by atoms with van der Waals surface area (Å²) in [6.07, 6.45) is 1.40. The van der Waals surface area contributed by atoms with Gasteiger partial charge < -0.3 is 14.2 Å². The minimum absolute atomic E-state index is 0.198. The Hall–Kier alpha value is -3.28. The van der Waals surface area contributed by atoms with Crippen molar-refractivity contribution < 1.29 is 28.6 Å². The molecule has 0 aromatic heterocycles. The Morgan fingerprint density at radius 2 is 1.70 bits per heavy atom. The molecule has 0 saturated carbocycles. The third-order valence-corrected chi connectivity index (χ3v) is 6.76. The Kier molecular flexibility index (Phi) is 8.25. The Balaban J connectivity index is 1.56. The highest BCUT2D eigenvalue weighted by molar-refractivity contribution is 14.1. The summed E-state index contributed by atoms with van der Waals surface area (Å²) in [7, 11) is 3.00. The van der Waals surface area contributed by atoms with Crippen LogP contribution in [0.5, 0.6) is 17.2 Å². The minimum atomic E-state index is -0.851. The van der Waals surface area contributed by atoms with E-state index in [1.165, 1.54) is 20.3 Å². The van der Waals surface area contributed by atoms with Gasteiger partial charge in [0.2, 0.25) is 0 Å². The highest BCUT2D eigenvalue weighted by Gasteiger charge is 2.37. The summed E-state index contributed by atoms with van der Waals surface area (Å²) in [5.74, 6) is -0.0992. The molecule has 0 unspecified atom stereocenters. The number of nitrogens with zero attached hydrogens (tertiary/aromatic N) is 1. The molecule has 8 nitrogen and oxygen atoms in total. The molecule has 1 heterocycles. The molecular weight excluding hydrogens is 634 g/mol. The molecule has 1 aliphatic heterocycles. The highest BCUT2D eigenvalue weighted by atomic mass is 127. The van der Waals surface area contributed by atoms with Crippen molar-refractivity contribution in [1.29, 1.82) is 0 Å². The molecule has 3 aromatic rings. The molecule has 3 aromatic carbocycles. The van der Waals surface area contributed by atoms with Crippen molar-refractivity contribution in [2.75, 3.05) is 19.1 Å². The molecule has 4 rings (SSSR count). The number of carbonyl (C=O) groups is 3. The fourth-order valence-electron chi connectivity index (χ4n) is 3.57. The van der Waals surface area contributed by atoms with Crippen molar-refractivity contribution in [2.24, 2.45) is 0 Å². The normalized spacial score (nSPS) is 14.6. The van der Waals surface area contributed by atoms with Crippen LogP contribution in [0.2, 0.25) is 10.0 Å². The molecule has 37 heavy (non-hydrogen) atoms. The molecule has 190 valence electrons. The minimum Gasteiger partial charge on any atom is -0.493 e. The van der Waals surface area contributed by atoms with E-state index in [9.17, 15) is 14.4 Å². The van der Waals surface area contributed by atoms with Crippen molar-refractivity contribution in [1.82, 2.24) is 5.32 Å². The second-order valence-corrected chi connectivity index (χ2v) is 9.72. The fourth-order valence-corrected chi connectivity index (χ4v) is 4.88. The van der Waals surface area contributed by atoms with Gasteiger partial charge in [0.05, 0.1) is 23.5 Å². The van der Waals surface area contributed by atoms with E-state index in [1.54, 1.807) is 54.6 Å². The molecule has 1 saturated heterocycles. The summed E-state index contributed by atoms with van der Waals surface area (Å²) in [4.78, 5) is 39.2. The quantitative estimate of drug-likeness (QED) is 0.195. The third-order valence-electron chi connectivity index (χ3n) is 5.37. The number of amides is 4. The van der Waals surface area contributed by atoms with Crippen molar-refractivity contribution in [3.05, 3.63) is 84.9 Å². The zero-order valence-corrected chi connectivity index (χ0v) is 23.2. The number of barbiturate groups is 1. The van der Waals surface area contributed by atoms with Gasteiger partial charge in [-0.15, -0.1) is 0 Å². The summed E-state index contributed by atoms with van der Waals surface area (Å²) < 4.78 is 17.2. The van der Waals surface area contributed by atoms with Gasteiger partial charge in [-0.3, -0.25) is 14.9 Å². The maximum atomic E-state index is 13.2. The Bertz CT molecular complexity index is 1430. The topological polar surface area (TPSA) is 94.2 Å². The predicted octanol–water partition coefficient (Wildman–Crippen LogP) is 5.86. The SMILES string of the molecule is COc1cc(/C=C2\C(=O)NC(=O)N(c3ccc(OCc4ccc(Cl)cc4Cl)cc3)C2=O)cc(I)c1OC. The summed E-state index contributed by atoms with van der Waals surface area (Å²) in [6, 6.07) is 13.9. The van der Waals surface area contributed by atoms with Crippen LogP contribution in [0.3, 0.4) is 0 Å². The maximum absolute atomic E-state index is 13.2. The standard InChI is InChI=1S/C26H19Cl2IN2O6/c1-35-22-11-14(10-21(29)23(22)36-2)9-19-24(32)30-26(34)31(25(19)33)17-5-7-18(8-6-17)37-13-15-3-4-16(27)12-20(15)28/h3-12H,13H2,1-2H3,(H,30,32,34)/b19-9+. The lowest BCUT2D eigenvalue weighted by molar-refractivity contribution is -0.122. The largest absolute Gasteiger partial charge is 0.493 e. The van der Waals surface area contributed by atoms with Gasteiger partial charge in [-0.25, -0.2) is 9.69 Å². The average molecular weight is 653 g/mol. The predicted molar refractivity (Wildman–Crippen MR) is 149 cm³/mol. The second kappa shape index (κ2) is 11.4. The molecule has 0 atom stereocenters. The van der Waals surface area contributed by atoms with Crippen LogP contribution in [0.4, 0.5) is 10.5 Å². The fraction of sp³-hybridized carbons (Fsp3) is 0.115. The van der Waals surface area contributed by atoms with Crippen LogP contribution in [-0.4, -0.2) is 32.1 Å². The molecule has 11 heteroatoms. The highest BCUT2D eigenvalue weighted by Crippen LogP contribution is 2.34. The van der Waals surface area contributed by atoms with Crippen molar-refractivity contribution in [2.45, 2.75) is 6.61 Å². The number of halogens is 3. The lowest BCUT2D eigenvalue weighted by Gasteiger charge is -2.26. The molecule has 4 amide bonds. The number of hydrogen-bond donors (Lipinski definition) is 1. The number of imide groups is 2. The number of anilines is 1. The second-order valence-electron chi connectivity index (χ2n) is 7.71. The summed E-state index contributed by atoms with van der Waals surface area (Å²) in [5, 5.41) is 3.21. The first kappa shape index (κ1) is 26.8. The van der Waals surface area contributed by atoms with E-state index in [2.05, 4.69) is 27.9 Å². The number of nitrogens with one attached hydrogen (secondary N) is 1. The lowest BCUT2D eigenvalue weighted by atomic mass is 10.1. The van der Waals surface area contributed by atoms with E-state index in [-0.39, 0.29) is 17.9 Å². The van der Waals surface area contributed by atoms with E-state index in [0.717, 1.165) is 14.0 Å². The van der Waals surface area contributed by atoms with E-state index in [1.807, 2.05) is 0 Å². The van der Waals surface area contributed by atoms with E-state index >= 15 is 0 Å². The van der Waals surface area contributed by atoms with Gasteiger partial charge in [0.1, 0.15) is 17.9 Å². The Morgan fingerprint density at radius 3 is 2.35 bits per heavy atom. The Morgan fingerprint density at radius 1 is 0.973 bits per heavy atom. The third kappa shape index (κ3) is 5.84. The van der Waals surface area contributed by atoms with Gasteiger partial charge in [0.25, 0.3) is 11.8 Å². The van der Waals surface area contributed by atoms with E-state index in [4.69, 9.17) is 37.4 Å². The molecule has 0 spiro atoms. The van der Waals surface area contributed by atoms with Gasteiger partial charge in [0, 0.05) is 15.6 Å². The number of urea groups is 1.